The summed E-state index contributed by atoms with van der Waals surface area (Å²) >= 11 is 1.31. The minimum Gasteiger partial charge on any atom is -0.448 e. The summed E-state index contributed by atoms with van der Waals surface area (Å²) in [5.41, 5.74) is 2.45. The number of esters is 1. The van der Waals surface area contributed by atoms with Crippen molar-refractivity contribution in [1.29, 1.82) is 0 Å². The molecule has 5 heteroatoms. The molecule has 1 aliphatic rings. The van der Waals surface area contributed by atoms with Gasteiger partial charge in [-0.05, 0) is 35.9 Å². The fourth-order valence-electron chi connectivity index (χ4n) is 2.60. The zero-order valence-corrected chi connectivity index (χ0v) is 13.1. The summed E-state index contributed by atoms with van der Waals surface area (Å²) in [5, 5.41) is 1.81. The maximum absolute atomic E-state index is 12.5. The molecule has 22 heavy (non-hydrogen) atoms. The predicted octanol–water partition coefficient (Wildman–Crippen LogP) is 2.88. The van der Waals surface area contributed by atoms with Gasteiger partial charge in [0.05, 0.1) is 0 Å². The number of hydrogen-bond acceptors (Lipinski definition) is 4. The van der Waals surface area contributed by atoms with Gasteiger partial charge in [0.2, 0.25) is 0 Å². The summed E-state index contributed by atoms with van der Waals surface area (Å²) in [6, 6.07) is 11.6. The van der Waals surface area contributed by atoms with Gasteiger partial charge in [-0.25, -0.2) is 4.79 Å². The predicted molar refractivity (Wildman–Crippen MR) is 84.8 cm³/mol. The fraction of sp³-hybridized carbons (Fsp3) is 0.294. The summed E-state index contributed by atoms with van der Waals surface area (Å²) < 4.78 is 5.28. The summed E-state index contributed by atoms with van der Waals surface area (Å²) in [6.45, 7) is 2.88. The van der Waals surface area contributed by atoms with Gasteiger partial charge in [-0.2, -0.15) is 0 Å². The maximum atomic E-state index is 12.5. The summed E-state index contributed by atoms with van der Waals surface area (Å²) in [6.07, 6.45) is 0.0768. The molecular formula is C17H17NO3S. The largest absolute Gasteiger partial charge is 0.448 e. The number of nitrogens with zero attached hydrogens (tertiary/aromatic N) is 1. The molecule has 1 aromatic heterocycles. The van der Waals surface area contributed by atoms with Crippen LogP contribution in [0.5, 0.6) is 0 Å². The van der Waals surface area contributed by atoms with Crippen LogP contribution >= 0.6 is 11.3 Å². The number of hydrogen-bond donors (Lipinski definition) is 0. The molecule has 1 aromatic carbocycles. The molecule has 0 N–H and O–H groups in total. The Morgan fingerprint density at radius 2 is 1.95 bits per heavy atom. The third kappa shape index (κ3) is 3.04. The van der Waals surface area contributed by atoms with E-state index in [2.05, 4.69) is 6.07 Å². The second-order valence-corrected chi connectivity index (χ2v) is 6.25. The third-order valence-corrected chi connectivity index (χ3v) is 4.65. The van der Waals surface area contributed by atoms with Crippen LogP contribution in [-0.2, 0) is 22.5 Å². The molecule has 0 radical (unpaired) electrons. The van der Waals surface area contributed by atoms with Crippen molar-refractivity contribution >= 4 is 23.2 Å². The highest BCUT2D eigenvalue weighted by Crippen LogP contribution is 2.20. The van der Waals surface area contributed by atoms with Crippen LogP contribution in [0.4, 0.5) is 0 Å². The number of carbonyl (C=O) groups is 2. The average Bonchev–Trinajstić information content (AvgIpc) is 3.08. The lowest BCUT2D eigenvalue weighted by Gasteiger charge is -2.30. The molecule has 0 spiro atoms. The van der Waals surface area contributed by atoms with Gasteiger partial charge >= 0.3 is 5.97 Å². The van der Waals surface area contributed by atoms with E-state index in [9.17, 15) is 9.59 Å². The minimum absolute atomic E-state index is 0.139. The first-order valence-electron chi connectivity index (χ1n) is 7.25. The molecule has 3 rings (SSSR count). The van der Waals surface area contributed by atoms with Crippen LogP contribution < -0.4 is 0 Å². The normalized spacial score (nSPS) is 15.0. The van der Waals surface area contributed by atoms with Gasteiger partial charge in [0.1, 0.15) is 4.88 Å². The van der Waals surface area contributed by atoms with E-state index < -0.39 is 12.1 Å². The van der Waals surface area contributed by atoms with E-state index in [0.717, 1.165) is 6.42 Å². The number of benzene rings is 1. The first-order valence-corrected chi connectivity index (χ1v) is 8.13. The summed E-state index contributed by atoms with van der Waals surface area (Å²) in [4.78, 5) is 26.7. The van der Waals surface area contributed by atoms with Crippen molar-refractivity contribution in [3.05, 3.63) is 57.8 Å². The quantitative estimate of drug-likeness (QED) is 0.818. The molecule has 0 aliphatic carbocycles. The number of ether oxygens (including phenoxy) is 1. The van der Waals surface area contributed by atoms with Crippen LogP contribution in [0.2, 0.25) is 0 Å². The van der Waals surface area contributed by atoms with Gasteiger partial charge in [0, 0.05) is 13.1 Å². The lowest BCUT2D eigenvalue weighted by atomic mass is 9.99. The SMILES string of the molecule is C[C@H](OC(=O)c1cccs1)C(=O)N1CCc2ccccc2C1. The van der Waals surface area contributed by atoms with E-state index in [4.69, 9.17) is 4.74 Å². The van der Waals surface area contributed by atoms with E-state index in [1.165, 1.54) is 22.5 Å². The molecule has 0 saturated heterocycles. The Balaban J connectivity index is 1.63. The van der Waals surface area contributed by atoms with E-state index in [-0.39, 0.29) is 5.91 Å². The molecule has 0 fully saturated rings. The van der Waals surface area contributed by atoms with Crippen molar-refractivity contribution in [2.75, 3.05) is 6.54 Å². The average molecular weight is 315 g/mol. The lowest BCUT2D eigenvalue weighted by molar-refractivity contribution is -0.140. The molecule has 0 bridgehead atoms. The molecule has 2 aromatic rings. The number of thiophene rings is 1. The van der Waals surface area contributed by atoms with Gasteiger partial charge in [-0.3, -0.25) is 4.79 Å². The van der Waals surface area contributed by atoms with Crippen LogP contribution in [0, 0.1) is 0 Å². The number of fused-ring (bicyclic) bond motifs is 1. The second kappa shape index (κ2) is 6.32. The number of rotatable bonds is 3. The molecule has 1 amide bonds. The highest BCUT2D eigenvalue weighted by Gasteiger charge is 2.27. The Morgan fingerprint density at radius 3 is 2.68 bits per heavy atom. The Kier molecular flexibility index (Phi) is 4.24. The van der Waals surface area contributed by atoms with E-state index in [0.29, 0.717) is 18.0 Å². The van der Waals surface area contributed by atoms with Crippen molar-refractivity contribution in [3.63, 3.8) is 0 Å². The van der Waals surface area contributed by atoms with Crippen LogP contribution in [-0.4, -0.2) is 29.4 Å². The van der Waals surface area contributed by atoms with Crippen molar-refractivity contribution in [2.24, 2.45) is 0 Å². The van der Waals surface area contributed by atoms with E-state index in [1.807, 2.05) is 23.6 Å². The number of carbonyl (C=O) groups excluding carboxylic acids is 2. The smallest absolute Gasteiger partial charge is 0.349 e. The van der Waals surface area contributed by atoms with Gasteiger partial charge < -0.3 is 9.64 Å². The monoisotopic (exact) mass is 315 g/mol. The molecule has 1 aliphatic heterocycles. The van der Waals surface area contributed by atoms with Gasteiger partial charge in [-0.15, -0.1) is 11.3 Å². The molecule has 114 valence electrons. The van der Waals surface area contributed by atoms with Gasteiger partial charge in [0.25, 0.3) is 5.91 Å². The molecule has 0 unspecified atom stereocenters. The summed E-state index contributed by atoms with van der Waals surface area (Å²) in [5.74, 6) is -0.576. The van der Waals surface area contributed by atoms with E-state index >= 15 is 0 Å². The maximum Gasteiger partial charge on any atom is 0.349 e. The second-order valence-electron chi connectivity index (χ2n) is 5.30. The highest BCUT2D eigenvalue weighted by atomic mass is 32.1. The van der Waals surface area contributed by atoms with Crippen LogP contribution in [0.15, 0.2) is 41.8 Å². The topological polar surface area (TPSA) is 46.6 Å². The molecule has 1 atom stereocenters. The zero-order chi connectivity index (χ0) is 15.5. The summed E-state index contributed by atoms with van der Waals surface area (Å²) in [7, 11) is 0. The van der Waals surface area contributed by atoms with Crippen molar-refractivity contribution in [3.8, 4) is 0 Å². The Labute approximate surface area is 133 Å². The molecule has 2 heterocycles. The minimum atomic E-state index is -0.764. The van der Waals surface area contributed by atoms with Crippen molar-refractivity contribution in [1.82, 2.24) is 4.90 Å². The first-order chi connectivity index (χ1) is 10.6. The fourth-order valence-corrected chi connectivity index (χ4v) is 3.21. The van der Waals surface area contributed by atoms with Gasteiger partial charge in [0.15, 0.2) is 6.10 Å². The highest BCUT2D eigenvalue weighted by molar-refractivity contribution is 7.11. The Morgan fingerprint density at radius 1 is 1.18 bits per heavy atom. The van der Waals surface area contributed by atoms with Crippen LogP contribution in [0.3, 0.4) is 0 Å². The van der Waals surface area contributed by atoms with Crippen molar-refractivity contribution < 1.29 is 14.3 Å². The molecular weight excluding hydrogens is 298 g/mol. The van der Waals surface area contributed by atoms with Crippen LogP contribution in [0.25, 0.3) is 0 Å². The zero-order valence-electron chi connectivity index (χ0n) is 12.3. The first kappa shape index (κ1) is 14.8. The molecule has 0 saturated carbocycles. The Bertz CT molecular complexity index is 681. The van der Waals surface area contributed by atoms with E-state index in [1.54, 1.807) is 24.0 Å². The molecule has 4 nitrogen and oxygen atoms in total. The van der Waals surface area contributed by atoms with Crippen molar-refractivity contribution in [2.45, 2.75) is 26.0 Å². The standard InChI is InChI=1S/C17H17NO3S/c1-12(21-17(20)15-7-4-10-22-15)16(19)18-9-8-13-5-2-3-6-14(13)11-18/h2-7,10,12H,8-9,11H2,1H3/t12-/m0/s1. The Hall–Kier alpha value is -2.14. The number of amides is 1. The third-order valence-electron chi connectivity index (χ3n) is 3.80. The van der Waals surface area contributed by atoms with Crippen LogP contribution in [0.1, 0.15) is 27.7 Å². The lowest BCUT2D eigenvalue weighted by Crippen LogP contribution is -2.42. The van der Waals surface area contributed by atoms with Gasteiger partial charge in [-0.1, -0.05) is 30.3 Å².